The highest BCUT2D eigenvalue weighted by Gasteiger charge is 2.30. The van der Waals surface area contributed by atoms with E-state index in [1.165, 1.54) is 16.6 Å². The summed E-state index contributed by atoms with van der Waals surface area (Å²) in [4.78, 5) is 13.9. The third-order valence-corrected chi connectivity index (χ3v) is 7.35. The van der Waals surface area contributed by atoms with Crippen LogP contribution < -0.4 is 5.32 Å². The number of sulfonamides is 1. The SMILES string of the molecule is CSc1cccc(NC(=O)c2cc(S(=O)(=O)N3CCC[C@@H](C)C3)cn2C)c1. The van der Waals surface area contributed by atoms with Gasteiger partial charge in [-0.15, -0.1) is 11.8 Å². The summed E-state index contributed by atoms with van der Waals surface area (Å²) >= 11 is 1.59. The van der Waals surface area contributed by atoms with Gasteiger partial charge in [0.2, 0.25) is 10.0 Å². The van der Waals surface area contributed by atoms with E-state index < -0.39 is 10.0 Å². The van der Waals surface area contributed by atoms with Crippen LogP contribution in [0.5, 0.6) is 0 Å². The van der Waals surface area contributed by atoms with Gasteiger partial charge in [-0.1, -0.05) is 13.0 Å². The number of nitrogens with one attached hydrogen (secondary N) is 1. The molecule has 8 heteroatoms. The van der Waals surface area contributed by atoms with E-state index >= 15 is 0 Å². The van der Waals surface area contributed by atoms with Crippen molar-refractivity contribution in [1.29, 1.82) is 0 Å². The molecule has 2 aromatic rings. The monoisotopic (exact) mass is 407 g/mol. The lowest BCUT2D eigenvalue weighted by Gasteiger charge is -2.29. The van der Waals surface area contributed by atoms with Crippen molar-refractivity contribution in [3.8, 4) is 0 Å². The third kappa shape index (κ3) is 4.39. The fourth-order valence-corrected chi connectivity index (χ4v) is 5.44. The maximum atomic E-state index is 12.9. The quantitative estimate of drug-likeness (QED) is 0.771. The summed E-state index contributed by atoms with van der Waals surface area (Å²) in [5.41, 5.74) is 0.996. The van der Waals surface area contributed by atoms with Gasteiger partial charge in [0.05, 0.1) is 0 Å². The lowest BCUT2D eigenvalue weighted by Crippen LogP contribution is -2.38. The Morgan fingerprint density at radius 3 is 2.78 bits per heavy atom. The first-order chi connectivity index (χ1) is 12.8. The molecule has 0 saturated carbocycles. The van der Waals surface area contributed by atoms with E-state index in [0.717, 1.165) is 17.7 Å². The molecule has 0 aliphatic carbocycles. The zero-order chi connectivity index (χ0) is 19.6. The van der Waals surface area contributed by atoms with Crippen LogP contribution in [0.1, 0.15) is 30.3 Å². The highest BCUT2D eigenvalue weighted by molar-refractivity contribution is 7.98. The molecule has 1 saturated heterocycles. The van der Waals surface area contributed by atoms with E-state index in [2.05, 4.69) is 12.2 Å². The van der Waals surface area contributed by atoms with Crippen LogP contribution in [-0.2, 0) is 17.1 Å². The third-order valence-electron chi connectivity index (χ3n) is 4.80. The zero-order valence-corrected chi connectivity index (χ0v) is 17.4. The maximum absolute atomic E-state index is 12.9. The van der Waals surface area contributed by atoms with Gasteiger partial charge in [-0.25, -0.2) is 8.42 Å². The number of aromatic nitrogens is 1. The number of anilines is 1. The van der Waals surface area contributed by atoms with E-state index in [-0.39, 0.29) is 10.8 Å². The average molecular weight is 408 g/mol. The fourth-order valence-electron chi connectivity index (χ4n) is 3.31. The number of aryl methyl sites for hydroxylation is 1. The fraction of sp³-hybridized carbons (Fsp3) is 0.421. The summed E-state index contributed by atoms with van der Waals surface area (Å²) in [5.74, 6) is 0.0212. The molecule has 6 nitrogen and oxygen atoms in total. The van der Waals surface area contributed by atoms with Crippen LogP contribution in [-0.4, -0.2) is 42.5 Å². The van der Waals surface area contributed by atoms with Gasteiger partial charge in [0.15, 0.2) is 0 Å². The Labute approximate surface area is 165 Å². The smallest absolute Gasteiger partial charge is 0.272 e. The van der Waals surface area contributed by atoms with E-state index in [9.17, 15) is 13.2 Å². The number of benzene rings is 1. The van der Waals surface area contributed by atoms with Crippen molar-refractivity contribution in [1.82, 2.24) is 8.87 Å². The Hall–Kier alpha value is -1.77. The van der Waals surface area contributed by atoms with Gasteiger partial charge in [0, 0.05) is 36.9 Å². The van der Waals surface area contributed by atoms with Gasteiger partial charge >= 0.3 is 0 Å². The van der Waals surface area contributed by atoms with Gasteiger partial charge < -0.3 is 9.88 Å². The molecule has 1 aliphatic heterocycles. The van der Waals surface area contributed by atoms with Crippen LogP contribution >= 0.6 is 11.8 Å². The van der Waals surface area contributed by atoms with Gasteiger partial charge in [0.25, 0.3) is 5.91 Å². The molecule has 146 valence electrons. The molecule has 0 radical (unpaired) electrons. The van der Waals surface area contributed by atoms with Crippen molar-refractivity contribution in [2.24, 2.45) is 13.0 Å². The number of rotatable bonds is 5. The highest BCUT2D eigenvalue weighted by atomic mass is 32.2. The lowest BCUT2D eigenvalue weighted by molar-refractivity contribution is 0.101. The normalized spacial score (nSPS) is 18.4. The molecule has 2 heterocycles. The summed E-state index contributed by atoms with van der Waals surface area (Å²) in [6, 6.07) is 9.00. The van der Waals surface area contributed by atoms with Crippen LogP contribution in [0.15, 0.2) is 46.3 Å². The second-order valence-corrected chi connectivity index (χ2v) is 9.79. The minimum Gasteiger partial charge on any atom is -0.345 e. The number of carbonyl (C=O) groups is 1. The average Bonchev–Trinajstić information content (AvgIpc) is 3.04. The van der Waals surface area contributed by atoms with Gasteiger partial charge in [-0.3, -0.25) is 4.79 Å². The molecule has 0 bridgehead atoms. The largest absolute Gasteiger partial charge is 0.345 e. The Morgan fingerprint density at radius 2 is 2.07 bits per heavy atom. The van der Waals surface area contributed by atoms with Crippen LogP contribution in [0.25, 0.3) is 0 Å². The number of piperidine rings is 1. The number of thioether (sulfide) groups is 1. The lowest BCUT2D eigenvalue weighted by atomic mass is 10.0. The Morgan fingerprint density at radius 1 is 1.30 bits per heavy atom. The Bertz CT molecular complexity index is 937. The predicted octanol–water partition coefficient (Wildman–Crippen LogP) is 3.42. The summed E-state index contributed by atoms with van der Waals surface area (Å²) in [6.45, 7) is 3.12. The summed E-state index contributed by atoms with van der Waals surface area (Å²) in [7, 11) is -1.90. The number of nitrogens with zero attached hydrogens (tertiary/aromatic N) is 2. The number of carbonyl (C=O) groups excluding carboxylic acids is 1. The second kappa shape index (κ2) is 8.08. The summed E-state index contributed by atoms with van der Waals surface area (Å²) < 4.78 is 29.0. The van der Waals surface area contributed by atoms with Crippen LogP contribution in [0.2, 0.25) is 0 Å². The summed E-state index contributed by atoms with van der Waals surface area (Å²) in [6.07, 6.45) is 5.40. The molecule has 3 rings (SSSR count). The summed E-state index contributed by atoms with van der Waals surface area (Å²) in [5, 5.41) is 2.84. The van der Waals surface area contributed by atoms with Crippen molar-refractivity contribution in [3.63, 3.8) is 0 Å². The predicted molar refractivity (Wildman–Crippen MR) is 109 cm³/mol. The molecular weight excluding hydrogens is 382 g/mol. The van der Waals surface area contributed by atoms with E-state index in [4.69, 9.17) is 0 Å². The maximum Gasteiger partial charge on any atom is 0.272 e. The van der Waals surface area contributed by atoms with E-state index in [1.807, 2.05) is 30.5 Å². The van der Waals surface area contributed by atoms with Crippen LogP contribution in [0.3, 0.4) is 0 Å². The molecule has 1 N–H and O–H groups in total. The molecule has 0 spiro atoms. The molecule has 1 aliphatic rings. The number of hydrogen-bond donors (Lipinski definition) is 1. The number of hydrogen-bond acceptors (Lipinski definition) is 4. The minimum atomic E-state index is -3.58. The standard InChI is InChI=1S/C19H25N3O3S2/c1-14-6-5-9-22(12-14)27(24,25)17-11-18(21(2)13-17)19(23)20-15-7-4-8-16(10-15)26-3/h4,7-8,10-11,13-14H,5-6,9,12H2,1-3H3,(H,20,23)/t14-/m1/s1. The Balaban J connectivity index is 1.82. The van der Waals surface area contributed by atoms with E-state index in [0.29, 0.717) is 30.4 Å². The Kier molecular flexibility index (Phi) is 5.98. The van der Waals surface area contributed by atoms with Crippen molar-refractivity contribution in [2.75, 3.05) is 24.7 Å². The van der Waals surface area contributed by atoms with Crippen LogP contribution in [0.4, 0.5) is 5.69 Å². The molecular formula is C19H25N3O3S2. The molecule has 1 atom stereocenters. The van der Waals surface area contributed by atoms with Crippen LogP contribution in [0, 0.1) is 5.92 Å². The van der Waals surface area contributed by atoms with Crippen molar-refractivity contribution in [2.45, 2.75) is 29.6 Å². The zero-order valence-electron chi connectivity index (χ0n) is 15.8. The highest BCUT2D eigenvalue weighted by Crippen LogP contribution is 2.25. The molecule has 27 heavy (non-hydrogen) atoms. The molecule has 1 aromatic heterocycles. The van der Waals surface area contributed by atoms with Gasteiger partial charge in [-0.2, -0.15) is 4.31 Å². The first-order valence-electron chi connectivity index (χ1n) is 8.93. The number of amides is 1. The first kappa shape index (κ1) is 20.0. The van der Waals surface area contributed by atoms with Crippen molar-refractivity contribution >= 4 is 33.4 Å². The van der Waals surface area contributed by atoms with E-state index in [1.54, 1.807) is 23.4 Å². The topological polar surface area (TPSA) is 71.4 Å². The molecule has 0 unspecified atom stereocenters. The molecule has 1 fully saturated rings. The van der Waals surface area contributed by atoms with Crippen molar-refractivity contribution in [3.05, 3.63) is 42.2 Å². The second-order valence-electron chi connectivity index (χ2n) is 6.97. The van der Waals surface area contributed by atoms with Gasteiger partial charge in [-0.05, 0) is 49.3 Å². The minimum absolute atomic E-state index is 0.169. The first-order valence-corrected chi connectivity index (χ1v) is 11.6. The molecule has 1 amide bonds. The molecule has 1 aromatic carbocycles. The van der Waals surface area contributed by atoms with Gasteiger partial charge in [0.1, 0.15) is 10.6 Å². The van der Waals surface area contributed by atoms with Crippen molar-refractivity contribution < 1.29 is 13.2 Å².